The van der Waals surface area contributed by atoms with Crippen molar-refractivity contribution in [1.29, 1.82) is 0 Å². The van der Waals surface area contributed by atoms with Crippen molar-refractivity contribution in [2.24, 2.45) is 0 Å². The van der Waals surface area contributed by atoms with E-state index in [0.717, 1.165) is 5.56 Å². The van der Waals surface area contributed by atoms with Crippen LogP contribution in [0.2, 0.25) is 5.02 Å². The summed E-state index contributed by atoms with van der Waals surface area (Å²) in [5, 5.41) is 2.28. The van der Waals surface area contributed by atoms with Crippen LogP contribution in [0.15, 0.2) is 29.2 Å². The van der Waals surface area contributed by atoms with E-state index in [9.17, 15) is 19.2 Å². The summed E-state index contributed by atoms with van der Waals surface area (Å²) in [4.78, 5) is 49.6. The van der Waals surface area contributed by atoms with E-state index in [1.165, 1.54) is 26.1 Å². The van der Waals surface area contributed by atoms with Crippen molar-refractivity contribution in [2.45, 2.75) is 51.6 Å². The van der Waals surface area contributed by atoms with Crippen LogP contribution in [0.3, 0.4) is 0 Å². The molecular weight excluding hydrogens is 544 g/mol. The minimum absolute atomic E-state index is 0.0876. The Balaban J connectivity index is 1.90. The number of pyridine rings is 1. The highest BCUT2D eigenvalue weighted by Crippen LogP contribution is 2.50. The molecule has 2 aliphatic heterocycles. The van der Waals surface area contributed by atoms with E-state index in [4.69, 9.17) is 35.3 Å². The summed E-state index contributed by atoms with van der Waals surface area (Å²) >= 11 is 6.63. The number of ether oxygens (including phenoxy) is 5. The highest BCUT2D eigenvalue weighted by molar-refractivity contribution is 6.32. The summed E-state index contributed by atoms with van der Waals surface area (Å²) in [6.45, 7) is 5.11. The first kappa shape index (κ1) is 29.4. The third-order valence-corrected chi connectivity index (χ3v) is 7.30. The van der Waals surface area contributed by atoms with Crippen LogP contribution in [0.25, 0.3) is 11.3 Å². The number of carbonyl (C=O) groups excluding carboxylic acids is 3. The van der Waals surface area contributed by atoms with Crippen molar-refractivity contribution in [3.05, 3.63) is 50.8 Å². The molecule has 3 heterocycles. The molecule has 0 saturated carbocycles. The maximum atomic E-state index is 13.1. The molecule has 12 heteroatoms. The lowest BCUT2D eigenvalue weighted by Crippen LogP contribution is -2.59. The van der Waals surface area contributed by atoms with E-state index in [0.29, 0.717) is 54.5 Å². The fourth-order valence-corrected chi connectivity index (χ4v) is 5.47. The average Bonchev–Trinajstić information content (AvgIpc) is 3.29. The van der Waals surface area contributed by atoms with Crippen LogP contribution in [0.1, 0.15) is 62.0 Å². The van der Waals surface area contributed by atoms with Crippen LogP contribution >= 0.6 is 11.6 Å². The molecule has 216 valence electrons. The topological polar surface area (TPSA) is 123 Å². The largest absolute Gasteiger partial charge is 0.492 e. The molecule has 0 amide bonds. The van der Waals surface area contributed by atoms with Crippen molar-refractivity contribution in [1.82, 2.24) is 4.68 Å². The molecule has 2 aliphatic rings. The summed E-state index contributed by atoms with van der Waals surface area (Å²) < 4.78 is 28.8. The Bertz CT molecular complexity index is 1340. The standard InChI is InChI=1S/C28H33ClN2O9/c1-5-37-27(35)21-14-30-24(13-25(21)34)19-11-22(29)26(38-10-6-9-36-4)12-20(19)23-7-8-28(31(23)30,15-39-17(2)32)16-40-18(3)33/h11-14,23H,5-10,15-16H2,1-4H3. The van der Waals surface area contributed by atoms with E-state index < -0.39 is 28.9 Å². The van der Waals surface area contributed by atoms with Gasteiger partial charge in [0.2, 0.25) is 0 Å². The first-order valence-corrected chi connectivity index (χ1v) is 13.5. The normalized spacial score (nSPS) is 16.4. The molecule has 1 aromatic heterocycles. The maximum absolute atomic E-state index is 13.1. The van der Waals surface area contributed by atoms with Crippen molar-refractivity contribution >= 4 is 29.5 Å². The second-order valence-corrected chi connectivity index (χ2v) is 10.2. The monoisotopic (exact) mass is 576 g/mol. The zero-order valence-electron chi connectivity index (χ0n) is 23.0. The van der Waals surface area contributed by atoms with E-state index in [-0.39, 0.29) is 31.4 Å². The predicted molar refractivity (Wildman–Crippen MR) is 145 cm³/mol. The smallest absolute Gasteiger partial charge is 0.343 e. The van der Waals surface area contributed by atoms with Gasteiger partial charge in [-0.1, -0.05) is 11.6 Å². The first-order valence-electron chi connectivity index (χ1n) is 13.1. The summed E-state index contributed by atoms with van der Waals surface area (Å²) in [6.07, 6.45) is 3.16. The highest BCUT2D eigenvalue weighted by atomic mass is 35.5. The van der Waals surface area contributed by atoms with Crippen LogP contribution in [-0.4, -0.2) is 68.3 Å². The van der Waals surface area contributed by atoms with E-state index in [2.05, 4.69) is 0 Å². The summed E-state index contributed by atoms with van der Waals surface area (Å²) in [6, 6.07) is 4.64. The number of fused-ring (bicyclic) bond motifs is 6. The number of methoxy groups -OCH3 is 1. The van der Waals surface area contributed by atoms with Gasteiger partial charge in [0, 0.05) is 51.8 Å². The van der Waals surface area contributed by atoms with Crippen LogP contribution in [0, 0.1) is 0 Å². The molecule has 1 atom stereocenters. The third-order valence-electron chi connectivity index (χ3n) is 7.00. The van der Waals surface area contributed by atoms with Crippen molar-refractivity contribution < 1.29 is 38.1 Å². The highest BCUT2D eigenvalue weighted by Gasteiger charge is 2.52. The molecule has 0 N–H and O–H groups in total. The summed E-state index contributed by atoms with van der Waals surface area (Å²) in [5.41, 5.74) is 0.330. The minimum Gasteiger partial charge on any atom is -0.492 e. The number of hydrogen-bond acceptors (Lipinski definition) is 10. The van der Waals surface area contributed by atoms with Crippen molar-refractivity contribution in [3.63, 3.8) is 0 Å². The minimum atomic E-state index is -0.992. The molecule has 2 aromatic rings. The van der Waals surface area contributed by atoms with Gasteiger partial charge >= 0.3 is 17.9 Å². The van der Waals surface area contributed by atoms with E-state index in [1.54, 1.807) is 24.8 Å². The van der Waals surface area contributed by atoms with Gasteiger partial charge in [-0.25, -0.2) is 4.79 Å². The number of halogens is 1. The second-order valence-electron chi connectivity index (χ2n) is 9.75. The summed E-state index contributed by atoms with van der Waals surface area (Å²) in [5.74, 6) is -1.26. The Kier molecular flexibility index (Phi) is 9.05. The maximum Gasteiger partial charge on any atom is 0.343 e. The number of aromatic nitrogens is 1. The molecular formula is C28H33ClN2O9. The van der Waals surface area contributed by atoms with Gasteiger partial charge in [0.1, 0.15) is 30.1 Å². The van der Waals surface area contributed by atoms with Crippen molar-refractivity contribution in [3.8, 4) is 17.0 Å². The third kappa shape index (κ3) is 5.80. The Hall–Kier alpha value is -3.57. The molecule has 0 spiro atoms. The summed E-state index contributed by atoms with van der Waals surface area (Å²) in [7, 11) is 1.62. The fraction of sp³-hybridized carbons (Fsp3) is 0.500. The average molecular weight is 577 g/mol. The first-order chi connectivity index (χ1) is 19.1. The number of rotatable bonds is 11. The van der Waals surface area contributed by atoms with Gasteiger partial charge in [0.05, 0.1) is 30.0 Å². The zero-order valence-corrected chi connectivity index (χ0v) is 23.7. The zero-order chi connectivity index (χ0) is 29.0. The van der Waals surface area contributed by atoms with Gasteiger partial charge in [-0.15, -0.1) is 0 Å². The molecule has 1 fully saturated rings. The quantitative estimate of drug-likeness (QED) is 0.223. The van der Waals surface area contributed by atoms with Crippen LogP contribution in [0.5, 0.6) is 5.75 Å². The number of nitrogens with zero attached hydrogens (tertiary/aromatic N) is 2. The molecule has 1 unspecified atom stereocenters. The Morgan fingerprint density at radius 3 is 2.38 bits per heavy atom. The second kappa shape index (κ2) is 12.3. The van der Waals surface area contributed by atoms with Crippen molar-refractivity contribution in [2.75, 3.05) is 45.2 Å². The lowest BCUT2D eigenvalue weighted by atomic mass is 9.94. The molecule has 0 radical (unpaired) electrons. The molecule has 0 aliphatic carbocycles. The van der Waals surface area contributed by atoms with Crippen LogP contribution < -0.4 is 15.2 Å². The van der Waals surface area contributed by atoms with Gasteiger partial charge in [-0.2, -0.15) is 0 Å². The Labute approximate surface area is 236 Å². The van der Waals surface area contributed by atoms with Gasteiger partial charge < -0.3 is 23.7 Å². The van der Waals surface area contributed by atoms with Gasteiger partial charge in [0.15, 0.2) is 5.43 Å². The van der Waals surface area contributed by atoms with Crippen LogP contribution in [0.4, 0.5) is 0 Å². The van der Waals surface area contributed by atoms with E-state index in [1.807, 2.05) is 11.1 Å². The molecule has 1 aromatic carbocycles. The molecule has 11 nitrogen and oxygen atoms in total. The lowest BCUT2D eigenvalue weighted by molar-refractivity contribution is -0.147. The lowest BCUT2D eigenvalue weighted by Gasteiger charge is -2.46. The number of hydrogen-bond donors (Lipinski definition) is 0. The molecule has 4 rings (SSSR count). The fourth-order valence-electron chi connectivity index (χ4n) is 5.26. The predicted octanol–water partition coefficient (Wildman–Crippen LogP) is 3.41. The Morgan fingerprint density at radius 1 is 1.05 bits per heavy atom. The van der Waals surface area contributed by atoms with Gasteiger partial charge in [-0.3, -0.25) is 24.1 Å². The van der Waals surface area contributed by atoms with E-state index >= 15 is 0 Å². The SMILES string of the molecule is CCOC(=O)c1cn2c(cc1=O)-c1cc(Cl)c(OCCCOC)cc1C1CCC(COC(C)=O)(COC(C)=O)N12. The Morgan fingerprint density at radius 2 is 1.75 bits per heavy atom. The van der Waals surface area contributed by atoms with Gasteiger partial charge in [-0.05, 0) is 37.5 Å². The number of esters is 3. The number of carbonyl (C=O) groups is 3. The van der Waals surface area contributed by atoms with Crippen LogP contribution in [-0.2, 0) is 28.5 Å². The molecule has 40 heavy (non-hydrogen) atoms. The van der Waals surface area contributed by atoms with Gasteiger partial charge in [0.25, 0.3) is 0 Å². The number of benzene rings is 1. The molecule has 0 bridgehead atoms. The molecule has 1 saturated heterocycles.